The van der Waals surface area contributed by atoms with Crippen molar-refractivity contribution in [3.8, 4) is 0 Å². The predicted molar refractivity (Wildman–Crippen MR) is 137 cm³/mol. The Morgan fingerprint density at radius 3 is 2.54 bits per heavy atom. The van der Waals surface area contributed by atoms with E-state index in [9.17, 15) is 22.0 Å². The topological polar surface area (TPSA) is 104 Å². The zero-order valence-corrected chi connectivity index (χ0v) is 21.3. The first-order valence-corrected chi connectivity index (χ1v) is 12.5. The van der Waals surface area contributed by atoms with Gasteiger partial charge in [-0.3, -0.25) is 4.79 Å². The van der Waals surface area contributed by atoms with E-state index >= 15 is 0 Å². The lowest BCUT2D eigenvalue weighted by Gasteiger charge is -2.05. The summed E-state index contributed by atoms with van der Waals surface area (Å²) in [6, 6.07) is 6.33. The van der Waals surface area contributed by atoms with E-state index in [4.69, 9.17) is 11.6 Å². The Hall–Kier alpha value is -3.37. The van der Waals surface area contributed by atoms with Crippen LogP contribution in [0.2, 0.25) is 0 Å². The number of hydrogen-bond donors (Lipinski definition) is 2. The number of pyridine rings is 1. The van der Waals surface area contributed by atoms with Gasteiger partial charge < -0.3 is 10.3 Å². The van der Waals surface area contributed by atoms with E-state index < -0.39 is 38.0 Å². The monoisotopic (exact) mass is 524 g/mol. The van der Waals surface area contributed by atoms with E-state index in [1.807, 2.05) is 33.8 Å². The fraction of sp³-hybridized carbons (Fsp3) is 0.208. The van der Waals surface area contributed by atoms with Crippen molar-refractivity contribution in [3.63, 3.8) is 0 Å². The van der Waals surface area contributed by atoms with Crippen LogP contribution in [-0.4, -0.2) is 35.2 Å². The number of anilines is 1. The average molecular weight is 525 g/mol. The van der Waals surface area contributed by atoms with Gasteiger partial charge in [0.25, 0.3) is 0 Å². The molecule has 3 aromatic rings. The van der Waals surface area contributed by atoms with Gasteiger partial charge in [-0.15, -0.1) is 0 Å². The predicted octanol–water partition coefficient (Wildman–Crippen LogP) is 6.01. The SMILES string of the molecule is C=CN=C(Cl)/C(C)=C\C.CC.O=C(CS(=O)(=O)c1c[nH]c2cc(F)cc(F)c12)Nc1ccccn1. The number of rotatable bonds is 6. The Kier molecular flexibility index (Phi) is 12.0. The molecule has 0 fully saturated rings. The molecule has 0 saturated heterocycles. The van der Waals surface area contributed by atoms with Crippen LogP contribution in [0.1, 0.15) is 27.7 Å². The quantitative estimate of drug-likeness (QED) is 0.385. The minimum absolute atomic E-state index is 0.00351. The van der Waals surface area contributed by atoms with Crippen LogP contribution in [0.3, 0.4) is 0 Å². The highest BCUT2D eigenvalue weighted by atomic mass is 35.5. The molecule has 2 heterocycles. The van der Waals surface area contributed by atoms with Crippen LogP contribution >= 0.6 is 11.6 Å². The van der Waals surface area contributed by atoms with Crippen LogP contribution in [0.25, 0.3) is 10.9 Å². The molecule has 35 heavy (non-hydrogen) atoms. The highest BCUT2D eigenvalue weighted by Gasteiger charge is 2.25. The number of hydrogen-bond acceptors (Lipinski definition) is 5. The molecule has 2 aromatic heterocycles. The number of aromatic amines is 1. The molecule has 3 rings (SSSR count). The van der Waals surface area contributed by atoms with Gasteiger partial charge in [-0.1, -0.05) is 44.2 Å². The summed E-state index contributed by atoms with van der Waals surface area (Å²) in [4.78, 5) is 21.6. The normalized spacial score (nSPS) is 11.6. The zero-order chi connectivity index (χ0) is 26.6. The third kappa shape index (κ3) is 8.73. The van der Waals surface area contributed by atoms with Gasteiger partial charge in [-0.05, 0) is 37.6 Å². The van der Waals surface area contributed by atoms with Gasteiger partial charge in [0.05, 0.1) is 15.8 Å². The third-order valence-electron chi connectivity index (χ3n) is 4.21. The number of carbonyl (C=O) groups excluding carboxylic acids is 1. The number of aromatic nitrogens is 2. The molecule has 11 heteroatoms. The third-order valence-corrected chi connectivity index (χ3v) is 6.24. The molecule has 0 aliphatic rings. The standard InChI is InChI=1S/C15H11F2N3O3S.C7H10ClN.C2H6/c16-9-5-10(17)15-11(6-9)19-7-12(15)24(22,23)8-14(21)20-13-3-1-2-4-18-13;1-4-6(3)7(8)9-5-2;1-2/h1-7,19H,8H2,(H,18,20,21);4-5H,2H2,1,3H3;1-2H3/b;6-4-,9-7?;. The number of allylic oxidation sites excluding steroid dienone is 2. The van der Waals surface area contributed by atoms with Crippen LogP contribution < -0.4 is 5.32 Å². The first-order valence-electron chi connectivity index (χ1n) is 10.5. The second-order valence-electron chi connectivity index (χ2n) is 6.56. The van der Waals surface area contributed by atoms with Gasteiger partial charge in [0.1, 0.15) is 28.4 Å². The first kappa shape index (κ1) is 29.7. The number of aliphatic imine (C=N–C) groups is 1. The van der Waals surface area contributed by atoms with Gasteiger partial charge in [0.15, 0.2) is 9.84 Å². The molecule has 0 radical (unpaired) electrons. The van der Waals surface area contributed by atoms with E-state index in [1.165, 1.54) is 18.5 Å². The largest absolute Gasteiger partial charge is 0.360 e. The second kappa shape index (κ2) is 14.1. The van der Waals surface area contributed by atoms with Gasteiger partial charge >= 0.3 is 0 Å². The highest BCUT2D eigenvalue weighted by molar-refractivity contribution is 7.92. The molecule has 188 valence electrons. The van der Waals surface area contributed by atoms with Gasteiger partial charge in [0.2, 0.25) is 5.91 Å². The maximum Gasteiger partial charge on any atom is 0.241 e. The summed E-state index contributed by atoms with van der Waals surface area (Å²) in [6.07, 6.45) is 5.80. The van der Waals surface area contributed by atoms with E-state index in [2.05, 4.69) is 26.9 Å². The van der Waals surface area contributed by atoms with E-state index in [1.54, 1.807) is 12.1 Å². The molecule has 7 nitrogen and oxygen atoms in total. The Labute approximate surface area is 208 Å². The zero-order valence-electron chi connectivity index (χ0n) is 19.8. The van der Waals surface area contributed by atoms with Crippen molar-refractivity contribution in [2.75, 3.05) is 11.1 Å². The number of carbonyl (C=O) groups is 1. The van der Waals surface area contributed by atoms with Crippen LogP contribution in [0.15, 0.2) is 77.0 Å². The van der Waals surface area contributed by atoms with Crippen molar-refractivity contribution in [2.45, 2.75) is 32.6 Å². The number of nitrogens with one attached hydrogen (secondary N) is 2. The number of halogens is 3. The molecule has 0 spiro atoms. The van der Waals surface area contributed by atoms with Crippen LogP contribution in [-0.2, 0) is 14.6 Å². The summed E-state index contributed by atoms with van der Waals surface area (Å²) in [5.74, 6) is -3.36. The van der Waals surface area contributed by atoms with Crippen LogP contribution in [0.4, 0.5) is 14.6 Å². The Balaban J connectivity index is 0.000000473. The molecule has 0 unspecified atom stereocenters. The lowest BCUT2D eigenvalue weighted by atomic mass is 10.2. The summed E-state index contributed by atoms with van der Waals surface area (Å²) in [5.41, 5.74) is 0.966. The molecule has 1 amide bonds. The molecule has 0 bridgehead atoms. The number of fused-ring (bicyclic) bond motifs is 1. The summed E-state index contributed by atoms with van der Waals surface area (Å²) < 4.78 is 51.9. The molecule has 0 aliphatic heterocycles. The van der Waals surface area contributed by atoms with E-state index in [0.717, 1.165) is 17.8 Å². The van der Waals surface area contributed by atoms with Gasteiger partial charge in [-0.25, -0.2) is 27.2 Å². The van der Waals surface area contributed by atoms with Crippen molar-refractivity contribution in [1.29, 1.82) is 0 Å². The maximum absolute atomic E-state index is 13.9. The van der Waals surface area contributed by atoms with Crippen molar-refractivity contribution in [3.05, 3.63) is 78.8 Å². The molecule has 2 N–H and O–H groups in total. The van der Waals surface area contributed by atoms with Crippen molar-refractivity contribution in [1.82, 2.24) is 9.97 Å². The number of sulfone groups is 1. The van der Waals surface area contributed by atoms with Crippen molar-refractivity contribution in [2.24, 2.45) is 4.99 Å². The minimum atomic E-state index is -4.13. The van der Waals surface area contributed by atoms with Crippen LogP contribution in [0.5, 0.6) is 0 Å². The molecule has 0 atom stereocenters. The van der Waals surface area contributed by atoms with Crippen molar-refractivity contribution < 1.29 is 22.0 Å². The minimum Gasteiger partial charge on any atom is -0.360 e. The summed E-state index contributed by atoms with van der Waals surface area (Å²) in [6.45, 7) is 11.2. The second-order valence-corrected chi connectivity index (χ2v) is 8.88. The van der Waals surface area contributed by atoms with Gasteiger partial charge in [-0.2, -0.15) is 0 Å². The number of H-pyrrole nitrogens is 1. The molecular weight excluding hydrogens is 498 g/mol. The summed E-state index contributed by atoms with van der Waals surface area (Å²) in [5, 5.41) is 2.57. The molecule has 0 saturated carbocycles. The van der Waals surface area contributed by atoms with Crippen molar-refractivity contribution >= 4 is 49.2 Å². The summed E-state index contributed by atoms with van der Waals surface area (Å²) in [7, 11) is -4.13. The lowest BCUT2D eigenvalue weighted by molar-refractivity contribution is -0.113. The number of nitrogens with zero attached hydrogens (tertiary/aromatic N) is 2. The number of amides is 1. The van der Waals surface area contributed by atoms with Gasteiger partial charge in [0, 0.05) is 24.7 Å². The highest BCUT2D eigenvalue weighted by Crippen LogP contribution is 2.27. The van der Waals surface area contributed by atoms with E-state index in [-0.39, 0.29) is 16.7 Å². The van der Waals surface area contributed by atoms with E-state index in [0.29, 0.717) is 11.2 Å². The molecule has 0 aliphatic carbocycles. The smallest absolute Gasteiger partial charge is 0.241 e. The summed E-state index contributed by atoms with van der Waals surface area (Å²) >= 11 is 5.64. The fourth-order valence-corrected chi connectivity index (χ4v) is 4.07. The first-order chi connectivity index (χ1) is 16.6. The lowest BCUT2D eigenvalue weighted by Crippen LogP contribution is -2.23. The fourth-order valence-electron chi connectivity index (χ4n) is 2.57. The Morgan fingerprint density at radius 2 is 1.97 bits per heavy atom. The molecular formula is C24H27ClF2N4O3S. The average Bonchev–Trinajstić information content (AvgIpc) is 3.26. The Bertz CT molecular complexity index is 1320. The Morgan fingerprint density at radius 1 is 1.29 bits per heavy atom. The molecule has 1 aromatic carbocycles. The maximum atomic E-state index is 13.9. The number of benzene rings is 1. The van der Waals surface area contributed by atoms with Crippen LogP contribution in [0, 0.1) is 11.6 Å².